The maximum absolute atomic E-state index is 11.9. The smallest absolute Gasteiger partial charge is 0.305 e. The maximum atomic E-state index is 11.9. The zero-order chi connectivity index (χ0) is 15.8. The second kappa shape index (κ2) is 8.33. The van der Waals surface area contributed by atoms with Crippen LogP contribution in [0.1, 0.15) is 36.2 Å². The Hall–Kier alpha value is -2.15. The highest BCUT2D eigenvalue weighted by Gasteiger charge is 2.12. The lowest BCUT2D eigenvalue weighted by atomic mass is 10.2. The Morgan fingerprint density at radius 1 is 1.36 bits per heavy atom. The largest absolute Gasteiger partial charge is 0.469 e. The highest BCUT2D eigenvalue weighted by molar-refractivity contribution is 7.13. The summed E-state index contributed by atoms with van der Waals surface area (Å²) >= 11 is 1.37. The van der Waals surface area contributed by atoms with Crippen molar-refractivity contribution >= 4 is 23.2 Å². The van der Waals surface area contributed by atoms with Gasteiger partial charge in [0.05, 0.1) is 13.4 Å². The average molecular weight is 322 g/mol. The number of thiazole rings is 1. The van der Waals surface area contributed by atoms with Gasteiger partial charge in [-0.05, 0) is 25.0 Å². The fourth-order valence-corrected chi connectivity index (χ4v) is 2.62. The fraction of sp³-hybridized carbons (Fsp3) is 0.400. The van der Waals surface area contributed by atoms with E-state index in [1.165, 1.54) is 18.4 Å². The quantitative estimate of drug-likeness (QED) is 0.597. The molecule has 2 heterocycles. The molecule has 0 radical (unpaired) electrons. The third-order valence-corrected chi connectivity index (χ3v) is 3.90. The van der Waals surface area contributed by atoms with Crippen LogP contribution in [0.4, 0.5) is 0 Å². The van der Waals surface area contributed by atoms with Gasteiger partial charge in [0.25, 0.3) is 5.91 Å². The van der Waals surface area contributed by atoms with Crippen molar-refractivity contribution < 1.29 is 18.7 Å². The summed E-state index contributed by atoms with van der Waals surface area (Å²) in [5.41, 5.74) is 0.394. The van der Waals surface area contributed by atoms with Crippen LogP contribution in [0.3, 0.4) is 0 Å². The molecule has 0 aliphatic carbocycles. The molecule has 0 unspecified atom stereocenters. The molecule has 0 atom stereocenters. The number of hydrogen-bond donors (Lipinski definition) is 1. The molecule has 0 spiro atoms. The van der Waals surface area contributed by atoms with Gasteiger partial charge in [-0.3, -0.25) is 9.59 Å². The number of unbranched alkanes of at least 4 members (excludes halogenated alkanes) is 2. The summed E-state index contributed by atoms with van der Waals surface area (Å²) < 4.78 is 9.81. The van der Waals surface area contributed by atoms with E-state index < -0.39 is 0 Å². The molecule has 0 fully saturated rings. The molecule has 0 aliphatic rings. The summed E-state index contributed by atoms with van der Waals surface area (Å²) in [6.07, 6.45) is 4.44. The van der Waals surface area contributed by atoms with E-state index in [4.69, 9.17) is 4.42 Å². The number of nitrogens with one attached hydrogen (secondary N) is 1. The normalized spacial score (nSPS) is 10.4. The third-order valence-electron chi connectivity index (χ3n) is 3.04. The summed E-state index contributed by atoms with van der Waals surface area (Å²) in [5.74, 6) is 0.269. The molecule has 0 aliphatic heterocycles. The molecule has 118 valence electrons. The number of methoxy groups -OCH3 is 1. The number of carbonyl (C=O) groups excluding carboxylic acids is 2. The van der Waals surface area contributed by atoms with Crippen LogP contribution in [0.2, 0.25) is 0 Å². The summed E-state index contributed by atoms with van der Waals surface area (Å²) in [4.78, 5) is 27.1. The molecule has 1 N–H and O–H groups in total. The van der Waals surface area contributed by atoms with Crippen molar-refractivity contribution in [1.29, 1.82) is 0 Å². The van der Waals surface area contributed by atoms with Gasteiger partial charge in [0, 0.05) is 18.3 Å². The number of ether oxygens (including phenoxy) is 1. The minimum absolute atomic E-state index is 0.193. The fourth-order valence-electron chi connectivity index (χ4n) is 1.86. The van der Waals surface area contributed by atoms with Gasteiger partial charge in [0.2, 0.25) is 0 Å². The zero-order valence-electron chi connectivity index (χ0n) is 12.3. The summed E-state index contributed by atoms with van der Waals surface area (Å²) in [6.45, 7) is 0.563. The van der Waals surface area contributed by atoms with Crippen molar-refractivity contribution in [2.45, 2.75) is 25.7 Å². The van der Waals surface area contributed by atoms with E-state index in [0.29, 0.717) is 29.4 Å². The minimum Gasteiger partial charge on any atom is -0.469 e. The highest BCUT2D eigenvalue weighted by Crippen LogP contribution is 2.23. The molecule has 2 rings (SSSR count). The first kappa shape index (κ1) is 16.2. The Balaban J connectivity index is 1.68. The van der Waals surface area contributed by atoms with Crippen molar-refractivity contribution in [3.05, 3.63) is 29.5 Å². The van der Waals surface area contributed by atoms with Gasteiger partial charge in [0.1, 0.15) is 5.69 Å². The molecule has 0 saturated carbocycles. The predicted octanol–water partition coefficient (Wildman–Crippen LogP) is 2.87. The summed E-state index contributed by atoms with van der Waals surface area (Å²) in [7, 11) is 1.38. The average Bonchev–Trinajstić information content (AvgIpc) is 3.20. The second-order valence-corrected chi connectivity index (χ2v) is 5.52. The number of furan rings is 1. The van der Waals surface area contributed by atoms with Gasteiger partial charge in [-0.25, -0.2) is 4.98 Å². The highest BCUT2D eigenvalue weighted by atomic mass is 32.1. The lowest BCUT2D eigenvalue weighted by Gasteiger charge is -2.03. The van der Waals surface area contributed by atoms with Gasteiger partial charge in [-0.1, -0.05) is 6.42 Å². The first-order chi connectivity index (χ1) is 10.7. The number of rotatable bonds is 8. The lowest BCUT2D eigenvalue weighted by molar-refractivity contribution is -0.140. The molecule has 0 saturated heterocycles. The maximum Gasteiger partial charge on any atom is 0.305 e. The number of aromatic nitrogens is 1. The van der Waals surface area contributed by atoms with Crippen LogP contribution >= 0.6 is 11.3 Å². The van der Waals surface area contributed by atoms with Crippen LogP contribution in [0.25, 0.3) is 10.8 Å². The third kappa shape index (κ3) is 4.70. The van der Waals surface area contributed by atoms with Gasteiger partial charge >= 0.3 is 5.97 Å². The molecule has 7 heteroatoms. The number of amides is 1. The molecule has 2 aromatic rings. The van der Waals surface area contributed by atoms with Crippen molar-refractivity contribution in [2.24, 2.45) is 0 Å². The van der Waals surface area contributed by atoms with Crippen LogP contribution in [-0.2, 0) is 9.53 Å². The number of hydrogen-bond acceptors (Lipinski definition) is 6. The van der Waals surface area contributed by atoms with Crippen molar-refractivity contribution in [3.8, 4) is 10.8 Å². The molecule has 6 nitrogen and oxygen atoms in total. The van der Waals surface area contributed by atoms with Gasteiger partial charge in [0.15, 0.2) is 10.8 Å². The topological polar surface area (TPSA) is 81.4 Å². The lowest BCUT2D eigenvalue weighted by Crippen LogP contribution is -2.24. The number of nitrogens with zero attached hydrogens (tertiary/aromatic N) is 1. The van der Waals surface area contributed by atoms with Gasteiger partial charge in [-0.2, -0.15) is 0 Å². The van der Waals surface area contributed by atoms with E-state index in [0.717, 1.165) is 19.3 Å². The van der Waals surface area contributed by atoms with Gasteiger partial charge in [-0.15, -0.1) is 11.3 Å². The Bertz CT molecular complexity index is 607. The molecule has 1 amide bonds. The van der Waals surface area contributed by atoms with Crippen molar-refractivity contribution in [1.82, 2.24) is 10.3 Å². The van der Waals surface area contributed by atoms with Crippen LogP contribution < -0.4 is 5.32 Å². The van der Waals surface area contributed by atoms with Crippen LogP contribution in [0, 0.1) is 0 Å². The molecule has 0 bridgehead atoms. The molecule has 0 aromatic carbocycles. The predicted molar refractivity (Wildman–Crippen MR) is 82.6 cm³/mol. The Morgan fingerprint density at radius 2 is 2.23 bits per heavy atom. The van der Waals surface area contributed by atoms with E-state index in [9.17, 15) is 9.59 Å². The van der Waals surface area contributed by atoms with Crippen molar-refractivity contribution in [3.63, 3.8) is 0 Å². The van der Waals surface area contributed by atoms with Crippen LogP contribution in [-0.4, -0.2) is 30.5 Å². The van der Waals surface area contributed by atoms with Crippen LogP contribution in [0.15, 0.2) is 28.2 Å². The summed E-state index contributed by atoms with van der Waals surface area (Å²) in [6, 6.07) is 3.59. The Morgan fingerprint density at radius 3 is 2.95 bits per heavy atom. The molecular weight excluding hydrogens is 304 g/mol. The van der Waals surface area contributed by atoms with E-state index in [2.05, 4.69) is 15.0 Å². The first-order valence-corrected chi connectivity index (χ1v) is 7.93. The Kier molecular flexibility index (Phi) is 6.14. The number of carbonyl (C=O) groups is 2. The molecule has 22 heavy (non-hydrogen) atoms. The zero-order valence-corrected chi connectivity index (χ0v) is 13.1. The van der Waals surface area contributed by atoms with Crippen molar-refractivity contribution in [2.75, 3.05) is 13.7 Å². The van der Waals surface area contributed by atoms with Crippen LogP contribution in [0.5, 0.6) is 0 Å². The van der Waals surface area contributed by atoms with E-state index >= 15 is 0 Å². The number of esters is 1. The SMILES string of the molecule is COC(=O)CCCCCNC(=O)c1csc(-c2ccco2)n1. The monoisotopic (exact) mass is 322 g/mol. The Labute approximate surface area is 132 Å². The molecule has 2 aromatic heterocycles. The summed E-state index contributed by atoms with van der Waals surface area (Å²) in [5, 5.41) is 5.22. The minimum atomic E-state index is -0.197. The second-order valence-electron chi connectivity index (χ2n) is 4.66. The van der Waals surface area contributed by atoms with E-state index in [-0.39, 0.29) is 11.9 Å². The standard InChI is InChI=1S/C15H18N2O4S/c1-20-13(18)7-3-2-4-8-16-14(19)11-10-22-15(17-11)12-6-5-9-21-12/h5-6,9-10H,2-4,7-8H2,1H3,(H,16,19). The van der Waals surface area contributed by atoms with E-state index in [1.807, 2.05) is 6.07 Å². The van der Waals surface area contributed by atoms with Gasteiger partial charge < -0.3 is 14.5 Å². The molecular formula is C15H18N2O4S. The van der Waals surface area contributed by atoms with E-state index in [1.54, 1.807) is 17.7 Å². The first-order valence-electron chi connectivity index (χ1n) is 7.05.